The van der Waals surface area contributed by atoms with Crippen molar-refractivity contribution in [3.05, 3.63) is 42.2 Å². The number of nitrogens with zero attached hydrogens (tertiary/aromatic N) is 4. The molecule has 226 valence electrons. The monoisotopic (exact) mass is 667 g/mol. The molecule has 2 heterocycles. The predicted octanol–water partition coefficient (Wildman–Crippen LogP) is -5.85. The molecule has 3 amide bonds. The van der Waals surface area contributed by atoms with E-state index in [9.17, 15) is 18.4 Å². The summed E-state index contributed by atoms with van der Waals surface area (Å²) < 4.78 is 26.7. The second kappa shape index (κ2) is 22.3. The summed E-state index contributed by atoms with van der Waals surface area (Å²) in [6.07, 6.45) is -4.87. The van der Waals surface area contributed by atoms with E-state index < -0.39 is 81.9 Å². The quantitative estimate of drug-likeness (QED) is 0.205. The number of halogens is 2. The molecule has 1 fully saturated rings. The fourth-order valence-corrected chi connectivity index (χ4v) is 6.67. The van der Waals surface area contributed by atoms with Crippen LogP contribution in [0.5, 0.6) is 0 Å². The van der Waals surface area contributed by atoms with Gasteiger partial charge in [-0.2, -0.15) is 0 Å². The number of likely N-dealkylation sites (tertiary alicyclic amines) is 1. The number of carbonyl (C=O) groups is 2. The summed E-state index contributed by atoms with van der Waals surface area (Å²) in [5.41, 5.74) is 0.744. The van der Waals surface area contributed by atoms with E-state index in [0.29, 0.717) is 43.5 Å². The molecule has 3 rings (SSSR count). The lowest BCUT2D eigenvalue weighted by Gasteiger charge is -2.46. The SMILES string of the molecule is CCC(=O)N1CCC(N(C)C(=O)Nc2ncc(-c3cc(F)cc(F)c3)cn2)CC1.[B]B([B])B([B])B(B([B])[B])B(B(B([B])[B])B([B])[B])B(B([B])[B])B([B])[B]. The highest BCUT2D eigenvalue weighted by Crippen LogP contribution is 2.21. The third-order valence-corrected chi connectivity index (χ3v) is 9.50. The van der Waals surface area contributed by atoms with E-state index in [1.807, 2.05) is 11.8 Å². The van der Waals surface area contributed by atoms with Gasteiger partial charge < -0.3 is 9.80 Å². The second-order valence-corrected chi connectivity index (χ2v) is 13.3. The largest absolute Gasteiger partial charge is 0.343 e. The molecule has 1 saturated heterocycles. The van der Waals surface area contributed by atoms with Crippen molar-refractivity contribution in [1.82, 2.24) is 19.8 Å². The van der Waals surface area contributed by atoms with Gasteiger partial charge in [-0.3, -0.25) is 10.1 Å². The van der Waals surface area contributed by atoms with Crippen LogP contribution in [0.4, 0.5) is 19.5 Å². The molecular weight excluding hydrogens is 640 g/mol. The van der Waals surface area contributed by atoms with Crippen LogP contribution in [0.15, 0.2) is 30.6 Å². The van der Waals surface area contributed by atoms with Crippen molar-refractivity contribution in [3.63, 3.8) is 0 Å². The third-order valence-electron chi connectivity index (χ3n) is 9.50. The molecule has 26 radical (unpaired) electrons. The van der Waals surface area contributed by atoms with E-state index in [1.54, 1.807) is 11.9 Å². The molecule has 0 atom stereocenters. The molecule has 33 heteroatoms. The number of aromatic nitrogens is 2. The predicted molar refractivity (Wildman–Crippen MR) is 242 cm³/mol. The molecule has 53 heavy (non-hydrogen) atoms. The number of anilines is 1. The van der Waals surface area contributed by atoms with Gasteiger partial charge in [-0.15, -0.1) is 0 Å². The van der Waals surface area contributed by atoms with Gasteiger partial charge in [0.2, 0.25) is 11.9 Å². The minimum atomic E-state index is -0.973. The first-order valence-corrected chi connectivity index (χ1v) is 17.1. The van der Waals surface area contributed by atoms with Crippen molar-refractivity contribution in [2.45, 2.75) is 32.2 Å². The van der Waals surface area contributed by atoms with Gasteiger partial charge in [-0.05, 0) is 30.5 Å². The molecule has 0 aliphatic carbocycles. The van der Waals surface area contributed by atoms with Gasteiger partial charge >= 0.3 is 6.03 Å². The van der Waals surface area contributed by atoms with E-state index in [4.69, 9.17) is 101 Å². The Kier molecular flexibility index (Phi) is 20.0. The molecule has 1 aliphatic heterocycles. The van der Waals surface area contributed by atoms with Crippen LogP contribution in [-0.2, 0) is 4.79 Å². The van der Waals surface area contributed by atoms with Crippen molar-refractivity contribution < 1.29 is 18.4 Å². The molecule has 7 nitrogen and oxygen atoms in total. The van der Waals surface area contributed by atoms with E-state index in [1.165, 1.54) is 24.5 Å². The topological polar surface area (TPSA) is 78.4 Å². The molecule has 0 bridgehead atoms. The summed E-state index contributed by atoms with van der Waals surface area (Å²) in [5.74, 6) is -1.15. The van der Waals surface area contributed by atoms with Crippen molar-refractivity contribution >= 4 is 189 Å². The average molecular weight is 663 g/mol. The lowest BCUT2D eigenvalue weighted by molar-refractivity contribution is -0.132. The van der Waals surface area contributed by atoms with E-state index in [0.717, 1.165) is 6.07 Å². The van der Waals surface area contributed by atoms with Crippen LogP contribution >= 0.6 is 0 Å². The van der Waals surface area contributed by atoms with Crippen LogP contribution in [0.1, 0.15) is 26.2 Å². The van der Waals surface area contributed by atoms with Gasteiger partial charge in [0.05, 0.1) is 0 Å². The molecule has 1 N–H and O–H groups in total. The zero-order valence-corrected chi connectivity index (χ0v) is 30.2. The first kappa shape index (κ1) is 47.6. The fraction of sp³-hybridized carbons (Fsp3) is 0.400. The van der Waals surface area contributed by atoms with Crippen LogP contribution in [0.2, 0.25) is 0 Å². The maximum absolute atomic E-state index is 13.4. The highest BCUT2D eigenvalue weighted by Gasteiger charge is 2.48. The molecule has 1 aromatic carbocycles. The van der Waals surface area contributed by atoms with E-state index >= 15 is 0 Å². The highest BCUT2D eigenvalue weighted by atomic mass is 19.1. The number of amides is 3. The Bertz CT molecular complexity index is 1390. The molecule has 1 aromatic heterocycles. The maximum atomic E-state index is 13.4. The number of hydrogen-bond acceptors (Lipinski definition) is 4. The van der Waals surface area contributed by atoms with Crippen molar-refractivity contribution in [1.29, 1.82) is 0 Å². The van der Waals surface area contributed by atoms with Crippen molar-refractivity contribution in [2.75, 3.05) is 25.5 Å². The van der Waals surface area contributed by atoms with Gasteiger partial charge in [0.1, 0.15) is 11.6 Å². The van der Waals surface area contributed by atoms with Crippen LogP contribution < -0.4 is 5.32 Å². The van der Waals surface area contributed by atoms with Crippen molar-refractivity contribution in [3.8, 4) is 11.1 Å². The number of rotatable bonds is 14. The van der Waals surface area contributed by atoms with Crippen LogP contribution in [-0.4, -0.2) is 229 Å². The Balaban J connectivity index is 0.000000375. The van der Waals surface area contributed by atoms with Gasteiger partial charge in [0.25, 0.3) is 0 Å². The smallest absolute Gasteiger partial charge is 0.324 e. The molecule has 0 spiro atoms. The summed E-state index contributed by atoms with van der Waals surface area (Å²) in [4.78, 5) is 35.8. The summed E-state index contributed by atoms with van der Waals surface area (Å²) >= 11 is 0. The van der Waals surface area contributed by atoms with Crippen molar-refractivity contribution in [2.24, 2.45) is 0 Å². The first-order valence-electron chi connectivity index (χ1n) is 17.1. The van der Waals surface area contributed by atoms with Crippen LogP contribution in [0.25, 0.3) is 11.1 Å². The van der Waals surface area contributed by atoms with Crippen LogP contribution in [0, 0.1) is 11.6 Å². The molecule has 0 unspecified atom stereocenters. The molecule has 1 aliphatic rings. The number of urea groups is 1. The Labute approximate surface area is 336 Å². The minimum absolute atomic E-state index is 0.0189. The highest BCUT2D eigenvalue weighted by molar-refractivity contribution is 8.23. The Hall–Kier alpha value is -1.54. The first-order chi connectivity index (χ1) is 24.7. The Morgan fingerprint density at radius 3 is 1.53 bits per heavy atom. The zero-order valence-electron chi connectivity index (χ0n) is 30.2. The summed E-state index contributed by atoms with van der Waals surface area (Å²) in [5, 5.41) is 2.62. The second-order valence-electron chi connectivity index (χ2n) is 13.3. The normalized spacial score (nSPS) is 12.2. The fourth-order valence-electron chi connectivity index (χ4n) is 6.67. The number of benzene rings is 1. The summed E-state index contributed by atoms with van der Waals surface area (Å²) in [6, 6.07) is 2.82. The number of piperidine rings is 1. The van der Waals surface area contributed by atoms with Gasteiger partial charge in [-0.25, -0.2) is 23.5 Å². The number of hydrogen-bond donors (Lipinski definition) is 1. The number of nitrogens with one attached hydrogen (secondary N) is 1. The maximum Gasteiger partial charge on any atom is 0.324 e. The Morgan fingerprint density at radius 2 is 1.15 bits per heavy atom. The lowest BCUT2D eigenvalue weighted by atomic mass is 8.35. The Morgan fingerprint density at radius 1 is 0.717 bits per heavy atom. The standard InChI is InChI=1S/C20H23F2N5O2.B24/c1-3-18(28)27-6-4-17(5-7-27)26(2)20(29)25-19-23-11-14(12-24-19)13-8-15(21)10-16(22)9-13;1-14(2)20(13)23(19(11)12)24(21(15(3)4)16(5)6)22(17(7)8)18(9)10/h8-12,17H,3-7H2,1-2H3,(H,23,24,25,29);. The van der Waals surface area contributed by atoms with E-state index in [2.05, 4.69) is 15.3 Å². The lowest BCUT2D eigenvalue weighted by Crippen LogP contribution is -2.84. The minimum Gasteiger partial charge on any atom is -0.343 e. The van der Waals surface area contributed by atoms with Gasteiger partial charge in [0, 0.05) is 227 Å². The summed E-state index contributed by atoms with van der Waals surface area (Å²) in [7, 11) is 77.9. The molecular formula is C20H23B24F2N5O2. The molecule has 0 saturated carbocycles. The van der Waals surface area contributed by atoms with Gasteiger partial charge in [-0.1, -0.05) is 6.92 Å². The third kappa shape index (κ3) is 13.9. The van der Waals surface area contributed by atoms with Crippen LogP contribution in [0.3, 0.4) is 0 Å². The summed E-state index contributed by atoms with van der Waals surface area (Å²) in [6.45, 7) is 3.10. The van der Waals surface area contributed by atoms with E-state index in [-0.39, 0.29) is 23.9 Å². The average Bonchev–Trinajstić information content (AvgIpc) is 3.07. The van der Waals surface area contributed by atoms with Gasteiger partial charge in [0.15, 0.2) is 0 Å². The zero-order chi connectivity index (χ0) is 40.3. The molecule has 2 aromatic rings. The number of carbonyl (C=O) groups excluding carboxylic acids is 2.